The molecule has 3 aliphatic carbocycles. The van der Waals surface area contributed by atoms with Crippen molar-refractivity contribution in [2.75, 3.05) is 0 Å². The highest BCUT2D eigenvalue weighted by Gasteiger charge is 2.58. The molecular weight excluding hydrogens is 422 g/mol. The topological polar surface area (TPSA) is 56.3 Å². The Balaban J connectivity index is 1.55. The highest BCUT2D eigenvalue weighted by molar-refractivity contribution is 5.86. The van der Waals surface area contributed by atoms with Crippen LogP contribution in [0.2, 0.25) is 0 Å². The van der Waals surface area contributed by atoms with Gasteiger partial charge < -0.3 is 10.1 Å². The van der Waals surface area contributed by atoms with Crippen molar-refractivity contribution in [2.24, 2.45) is 5.92 Å². The number of carbonyl (C=O) groups is 1. The number of hydrogen-bond donors (Lipinski definition) is 2. The maximum Gasteiger partial charge on any atom is 0.328 e. The molecule has 33 heavy (non-hydrogen) atoms. The Bertz CT molecular complexity index is 1280. The summed E-state index contributed by atoms with van der Waals surface area (Å²) in [5, 5.41) is 10.00. The summed E-state index contributed by atoms with van der Waals surface area (Å²) in [5.74, 6) is -1.71. The molecule has 1 aliphatic heterocycles. The zero-order valence-electron chi connectivity index (χ0n) is 18.4. The minimum absolute atomic E-state index is 0.00943. The van der Waals surface area contributed by atoms with Gasteiger partial charge in [0.2, 0.25) is 0 Å². The van der Waals surface area contributed by atoms with Gasteiger partial charge in [-0.1, -0.05) is 18.2 Å². The predicted molar refractivity (Wildman–Crippen MR) is 123 cm³/mol. The van der Waals surface area contributed by atoms with E-state index in [1.165, 1.54) is 24.6 Å². The van der Waals surface area contributed by atoms with E-state index in [1.807, 2.05) is 18.2 Å². The number of rotatable bonds is 4. The number of nitrogens with one attached hydrogen (secondary N) is 1. The Kier molecular flexibility index (Phi) is 4.53. The van der Waals surface area contributed by atoms with Crippen molar-refractivity contribution in [2.45, 2.75) is 56.7 Å². The predicted octanol–water partition coefficient (Wildman–Crippen LogP) is 5.82. The van der Waals surface area contributed by atoms with E-state index in [2.05, 4.69) is 22.9 Å². The lowest BCUT2D eigenvalue weighted by molar-refractivity contribution is -0.131. The van der Waals surface area contributed by atoms with E-state index in [0.29, 0.717) is 0 Å². The minimum atomic E-state index is -1.16. The minimum Gasteiger partial charge on any atom is -0.478 e. The van der Waals surface area contributed by atoms with Gasteiger partial charge in [0.05, 0.1) is 6.04 Å². The fourth-order valence-corrected chi connectivity index (χ4v) is 6.85. The molecule has 0 saturated heterocycles. The van der Waals surface area contributed by atoms with Crippen LogP contribution >= 0.6 is 0 Å². The van der Waals surface area contributed by atoms with E-state index in [1.54, 1.807) is 0 Å². The number of halogens is 2. The number of hydrogen-bond acceptors (Lipinski definition) is 2. The van der Waals surface area contributed by atoms with Gasteiger partial charge in [0.25, 0.3) is 0 Å². The average Bonchev–Trinajstić information content (AvgIpc) is 3.44. The summed E-state index contributed by atoms with van der Waals surface area (Å²) in [6.45, 7) is 2.18. The number of aliphatic carboxylic acids is 1. The molecule has 0 amide bonds. The fraction of sp³-hybridized carbons (Fsp3) is 0.370. The largest absolute Gasteiger partial charge is 0.478 e. The summed E-state index contributed by atoms with van der Waals surface area (Å²) in [6, 6.07) is 10.1. The number of benzene rings is 2. The van der Waals surface area contributed by atoms with E-state index in [-0.39, 0.29) is 22.7 Å². The number of fused-ring (bicyclic) bond motifs is 4. The Morgan fingerprint density at radius 2 is 1.94 bits per heavy atom. The van der Waals surface area contributed by atoms with Gasteiger partial charge in [-0.05, 0) is 80.3 Å². The van der Waals surface area contributed by atoms with Gasteiger partial charge >= 0.3 is 5.97 Å². The second-order valence-electron chi connectivity index (χ2n) is 10.0. The highest BCUT2D eigenvalue weighted by Crippen LogP contribution is 2.60. The Morgan fingerprint density at radius 3 is 2.61 bits per heavy atom. The van der Waals surface area contributed by atoms with Crippen LogP contribution in [0.4, 0.5) is 8.78 Å². The van der Waals surface area contributed by atoms with Crippen LogP contribution in [0.3, 0.4) is 0 Å². The van der Waals surface area contributed by atoms with Gasteiger partial charge in [-0.2, -0.15) is 0 Å². The zero-order chi connectivity index (χ0) is 22.9. The van der Waals surface area contributed by atoms with E-state index in [9.17, 15) is 4.79 Å². The molecule has 2 heterocycles. The van der Waals surface area contributed by atoms with Crippen molar-refractivity contribution in [3.8, 4) is 0 Å². The molecule has 4 nitrogen and oxygen atoms in total. The quantitative estimate of drug-likeness (QED) is 0.495. The Labute approximate surface area is 190 Å². The number of H-pyrrole nitrogens is 1. The molecule has 0 radical (unpaired) electrons. The van der Waals surface area contributed by atoms with Crippen molar-refractivity contribution in [1.29, 1.82) is 0 Å². The number of nitrogens with zero attached hydrogens (tertiary/aromatic N) is 1. The van der Waals surface area contributed by atoms with Gasteiger partial charge in [0.15, 0.2) is 0 Å². The maximum absolute atomic E-state index is 15.6. The van der Waals surface area contributed by atoms with E-state index >= 15 is 8.78 Å². The molecule has 2 atom stereocenters. The lowest BCUT2D eigenvalue weighted by Crippen LogP contribution is -2.59. The summed E-state index contributed by atoms with van der Waals surface area (Å²) in [6.07, 6.45) is 7.38. The number of carboxylic acids is 1. The lowest BCUT2D eigenvalue weighted by atomic mass is 9.72. The zero-order valence-corrected chi connectivity index (χ0v) is 18.4. The first-order valence-corrected chi connectivity index (χ1v) is 11.6. The van der Waals surface area contributed by atoms with Gasteiger partial charge in [0, 0.05) is 39.8 Å². The fourth-order valence-electron chi connectivity index (χ4n) is 6.85. The summed E-state index contributed by atoms with van der Waals surface area (Å²) in [7, 11) is 0. The van der Waals surface area contributed by atoms with Gasteiger partial charge in [0.1, 0.15) is 11.6 Å². The van der Waals surface area contributed by atoms with Crippen LogP contribution in [0.15, 0.2) is 42.5 Å². The number of para-hydroxylation sites is 1. The average molecular weight is 449 g/mol. The molecular formula is C27H26F2N2O2. The standard InChI is InChI=1S/C27H26F2N2O2/c1-15-10-19-18-4-2-3-5-22(18)30-25(19)26(31(15)27-9-8-17(13-27)14-27)24-20(28)11-16(12-21(24)29)6-7-23(32)33/h2-7,11-12,15,17,26,30H,8-10,13-14H2,1H3,(H,32,33)/b7-6+. The Morgan fingerprint density at radius 1 is 1.21 bits per heavy atom. The van der Waals surface area contributed by atoms with Crippen molar-refractivity contribution < 1.29 is 18.7 Å². The van der Waals surface area contributed by atoms with E-state index < -0.39 is 23.6 Å². The van der Waals surface area contributed by atoms with E-state index in [4.69, 9.17) is 5.11 Å². The molecule has 2 aromatic carbocycles. The third-order valence-electron chi connectivity index (χ3n) is 8.07. The number of aromatic nitrogens is 1. The molecule has 2 bridgehead atoms. The van der Waals surface area contributed by atoms with Crippen molar-refractivity contribution in [3.63, 3.8) is 0 Å². The van der Waals surface area contributed by atoms with Crippen molar-refractivity contribution in [3.05, 3.63) is 76.5 Å². The summed E-state index contributed by atoms with van der Waals surface area (Å²) in [5.41, 5.74) is 3.24. The summed E-state index contributed by atoms with van der Waals surface area (Å²) >= 11 is 0. The molecule has 2 unspecified atom stereocenters. The molecule has 3 fully saturated rings. The molecule has 0 spiro atoms. The van der Waals surface area contributed by atoms with E-state index in [0.717, 1.165) is 59.8 Å². The second-order valence-corrected chi connectivity index (χ2v) is 10.0. The first-order valence-electron chi connectivity index (χ1n) is 11.6. The molecule has 6 heteroatoms. The smallest absolute Gasteiger partial charge is 0.328 e. The summed E-state index contributed by atoms with van der Waals surface area (Å²) < 4.78 is 31.3. The third kappa shape index (κ3) is 3.07. The molecule has 3 aromatic rings. The van der Waals surface area contributed by atoms with Crippen LogP contribution in [0.25, 0.3) is 17.0 Å². The molecule has 2 N–H and O–H groups in total. The second kappa shape index (κ2) is 7.26. The van der Waals surface area contributed by atoms with Gasteiger partial charge in [-0.15, -0.1) is 0 Å². The molecule has 170 valence electrons. The Hall–Kier alpha value is -2.99. The van der Waals surface area contributed by atoms with Crippen molar-refractivity contribution in [1.82, 2.24) is 9.88 Å². The van der Waals surface area contributed by atoms with Gasteiger partial charge in [-0.3, -0.25) is 4.90 Å². The number of carboxylic acid groups (broad SMARTS) is 1. The molecule has 3 saturated carbocycles. The SMILES string of the molecule is CC1Cc2c([nH]c3ccccc23)C(c2c(F)cc(/C=C/C(=O)O)cc2F)N1C12CCC(C1)C2. The van der Waals surface area contributed by atoms with Crippen LogP contribution in [-0.4, -0.2) is 32.5 Å². The monoisotopic (exact) mass is 448 g/mol. The normalized spacial score (nSPS) is 28.9. The molecule has 7 rings (SSSR count). The first kappa shape index (κ1) is 20.6. The maximum atomic E-state index is 15.6. The van der Waals surface area contributed by atoms with Crippen LogP contribution in [0.1, 0.15) is 61.0 Å². The lowest BCUT2D eigenvalue weighted by Gasteiger charge is -2.55. The van der Waals surface area contributed by atoms with Crippen LogP contribution in [0.5, 0.6) is 0 Å². The van der Waals surface area contributed by atoms with Crippen LogP contribution in [0, 0.1) is 17.6 Å². The third-order valence-corrected chi connectivity index (χ3v) is 8.07. The highest BCUT2D eigenvalue weighted by atomic mass is 19.1. The first-order chi connectivity index (χ1) is 15.9. The molecule has 4 aliphatic rings. The van der Waals surface area contributed by atoms with Gasteiger partial charge in [-0.25, -0.2) is 13.6 Å². The molecule has 1 aromatic heterocycles. The number of aromatic amines is 1. The van der Waals surface area contributed by atoms with Crippen LogP contribution in [-0.2, 0) is 11.2 Å². The van der Waals surface area contributed by atoms with Crippen LogP contribution < -0.4 is 0 Å². The summed E-state index contributed by atoms with van der Waals surface area (Å²) in [4.78, 5) is 16.8. The van der Waals surface area contributed by atoms with Crippen molar-refractivity contribution >= 4 is 22.9 Å².